The minimum Gasteiger partial charge on any atom is -0.494 e. The van der Waals surface area contributed by atoms with Gasteiger partial charge in [-0.3, -0.25) is 0 Å². The topological polar surface area (TPSA) is 62.7 Å². The van der Waals surface area contributed by atoms with E-state index in [1.54, 1.807) is 23.5 Å². The van der Waals surface area contributed by atoms with Crippen molar-refractivity contribution >= 4 is 21.4 Å². The van der Waals surface area contributed by atoms with Gasteiger partial charge in [0.05, 0.1) is 30.3 Å². The van der Waals surface area contributed by atoms with Crippen LogP contribution in [0.1, 0.15) is 42.3 Å². The number of nitrogens with zero attached hydrogens (tertiary/aromatic N) is 3. The van der Waals surface area contributed by atoms with Crippen LogP contribution in [0.3, 0.4) is 0 Å². The number of fused-ring (bicyclic) bond motifs is 1. The van der Waals surface area contributed by atoms with E-state index in [0.29, 0.717) is 24.0 Å². The zero-order valence-electron chi connectivity index (χ0n) is 19.7. The van der Waals surface area contributed by atoms with Crippen LogP contribution in [-0.2, 0) is 23.1 Å². The Morgan fingerprint density at radius 1 is 1.09 bits per heavy atom. The van der Waals surface area contributed by atoms with Gasteiger partial charge in [-0.15, -0.1) is 11.3 Å². The van der Waals surface area contributed by atoms with Crippen molar-refractivity contribution in [1.82, 2.24) is 14.2 Å². The number of rotatable bonds is 8. The van der Waals surface area contributed by atoms with Crippen molar-refractivity contribution in [2.24, 2.45) is 0 Å². The predicted octanol–water partition coefficient (Wildman–Crippen LogP) is 5.08. The van der Waals surface area contributed by atoms with Crippen LogP contribution in [0.2, 0.25) is 0 Å². The monoisotopic (exact) mass is 497 g/mol. The second-order valence-corrected chi connectivity index (χ2v) is 12.3. The van der Waals surface area contributed by atoms with E-state index >= 15 is 0 Å². The minimum atomic E-state index is -3.52. The molecule has 2 aliphatic heterocycles. The number of sulfonamides is 1. The van der Waals surface area contributed by atoms with Crippen LogP contribution in [-0.4, -0.2) is 48.3 Å². The Labute approximate surface area is 206 Å². The zero-order valence-corrected chi connectivity index (χ0v) is 21.4. The average molecular weight is 498 g/mol. The average Bonchev–Trinajstić information content (AvgIpc) is 3.53. The lowest BCUT2D eigenvalue weighted by molar-refractivity contribution is 0.230. The number of ether oxygens (including phenoxy) is 1. The van der Waals surface area contributed by atoms with E-state index in [-0.39, 0.29) is 0 Å². The molecule has 1 atom stereocenters. The fourth-order valence-corrected chi connectivity index (χ4v) is 7.19. The maximum Gasteiger partial charge on any atom is 0.243 e. The number of aryl methyl sites for hydroxylation is 1. The van der Waals surface area contributed by atoms with Gasteiger partial charge in [0.15, 0.2) is 0 Å². The number of hydrogen-bond acceptors (Lipinski definition) is 6. The molecule has 180 valence electrons. The van der Waals surface area contributed by atoms with Crippen LogP contribution < -0.4 is 4.74 Å². The summed E-state index contributed by atoms with van der Waals surface area (Å²) < 4.78 is 33.4. The highest BCUT2D eigenvalue weighted by Gasteiger charge is 2.33. The predicted molar refractivity (Wildman–Crippen MR) is 136 cm³/mol. The Bertz CT molecular complexity index is 1210. The normalized spacial score (nSPS) is 18.9. The summed E-state index contributed by atoms with van der Waals surface area (Å²) >= 11 is 1.57. The number of benzene rings is 2. The molecule has 34 heavy (non-hydrogen) atoms. The largest absolute Gasteiger partial charge is 0.494 e. The first-order valence-corrected chi connectivity index (χ1v) is 14.2. The molecule has 8 heteroatoms. The number of thiazole rings is 1. The lowest BCUT2D eigenvalue weighted by Gasteiger charge is -2.20. The Balaban J connectivity index is 1.17. The van der Waals surface area contributed by atoms with E-state index in [4.69, 9.17) is 9.72 Å². The van der Waals surface area contributed by atoms with Gasteiger partial charge in [0, 0.05) is 23.0 Å². The fourth-order valence-electron chi connectivity index (χ4n) is 4.64. The summed E-state index contributed by atoms with van der Waals surface area (Å²) in [5, 5.41) is 0.923. The number of likely N-dealkylation sites (tertiary alicyclic amines) is 1. The summed E-state index contributed by atoms with van der Waals surface area (Å²) in [6.45, 7) is 7.98. The van der Waals surface area contributed by atoms with Gasteiger partial charge in [0.1, 0.15) is 10.8 Å². The van der Waals surface area contributed by atoms with Gasteiger partial charge in [-0.1, -0.05) is 17.7 Å². The molecule has 2 aliphatic rings. The Hall–Kier alpha value is -2.26. The molecule has 3 aromatic rings. The number of hydrogen-bond donors (Lipinski definition) is 0. The summed E-state index contributed by atoms with van der Waals surface area (Å²) in [6.07, 6.45) is 3.65. The first-order chi connectivity index (χ1) is 16.4. The maximum absolute atomic E-state index is 13.0. The molecule has 6 nitrogen and oxygen atoms in total. The molecular formula is C26H31N3O3S2. The Morgan fingerprint density at radius 3 is 2.53 bits per heavy atom. The van der Waals surface area contributed by atoms with Crippen LogP contribution in [0.15, 0.2) is 53.4 Å². The Kier molecular flexibility index (Phi) is 6.75. The third-order valence-electron chi connectivity index (χ3n) is 6.73. The molecular weight excluding hydrogens is 466 g/mol. The van der Waals surface area contributed by atoms with Crippen LogP contribution in [0.5, 0.6) is 5.75 Å². The van der Waals surface area contributed by atoms with E-state index in [2.05, 4.69) is 11.8 Å². The van der Waals surface area contributed by atoms with Crippen molar-refractivity contribution in [3.8, 4) is 16.3 Å². The molecule has 0 saturated carbocycles. The van der Waals surface area contributed by atoms with Gasteiger partial charge in [-0.2, -0.15) is 4.31 Å². The third kappa shape index (κ3) is 4.91. The van der Waals surface area contributed by atoms with Gasteiger partial charge in [0.25, 0.3) is 0 Å². The smallest absolute Gasteiger partial charge is 0.243 e. The highest BCUT2D eigenvalue weighted by atomic mass is 32.2. The number of aromatic nitrogens is 1. The third-order valence-corrected chi connectivity index (χ3v) is 9.67. The first kappa shape index (κ1) is 23.5. The van der Waals surface area contributed by atoms with Gasteiger partial charge >= 0.3 is 0 Å². The van der Waals surface area contributed by atoms with E-state index < -0.39 is 10.0 Å². The molecule has 1 saturated heterocycles. The fraction of sp³-hybridized carbons (Fsp3) is 0.423. The van der Waals surface area contributed by atoms with Crippen molar-refractivity contribution in [2.75, 3.05) is 19.7 Å². The Morgan fingerprint density at radius 2 is 1.85 bits per heavy atom. The summed E-state index contributed by atoms with van der Waals surface area (Å²) in [5.74, 6) is 0.873. The molecule has 1 aromatic heterocycles. The summed E-state index contributed by atoms with van der Waals surface area (Å²) in [6, 6.07) is 15.8. The molecule has 1 unspecified atom stereocenters. The lowest BCUT2D eigenvalue weighted by Crippen LogP contribution is -2.28. The highest BCUT2D eigenvalue weighted by molar-refractivity contribution is 7.89. The van der Waals surface area contributed by atoms with Gasteiger partial charge < -0.3 is 9.64 Å². The van der Waals surface area contributed by atoms with Gasteiger partial charge in [0.2, 0.25) is 10.0 Å². The highest BCUT2D eigenvalue weighted by Crippen LogP contribution is 2.36. The van der Waals surface area contributed by atoms with Crippen LogP contribution in [0.25, 0.3) is 10.6 Å². The molecule has 1 fully saturated rings. The quantitative estimate of drug-likeness (QED) is 0.406. The molecule has 0 N–H and O–H groups in total. The van der Waals surface area contributed by atoms with E-state index in [9.17, 15) is 8.42 Å². The van der Waals surface area contributed by atoms with Gasteiger partial charge in [-0.25, -0.2) is 13.4 Å². The minimum absolute atomic E-state index is 0.318. The van der Waals surface area contributed by atoms with Crippen molar-refractivity contribution in [1.29, 1.82) is 0 Å². The van der Waals surface area contributed by atoms with E-state index in [1.807, 2.05) is 43.3 Å². The maximum atomic E-state index is 13.0. The van der Waals surface area contributed by atoms with Crippen molar-refractivity contribution in [3.05, 3.63) is 64.7 Å². The molecule has 0 radical (unpaired) electrons. The standard InChI is InChI=1S/C26H31N3O3S2/c1-19-6-12-23(13-7-19)34(30,31)29-17-24-25(18-29)33-26(27-24)21-8-10-22(11-9-21)32-16-4-15-28-14-3-5-20(28)2/h6-13,20H,3-5,14-18H2,1-2H3. The van der Waals surface area contributed by atoms with E-state index in [0.717, 1.165) is 52.0 Å². The molecule has 3 heterocycles. The van der Waals surface area contributed by atoms with Crippen molar-refractivity contribution < 1.29 is 13.2 Å². The summed E-state index contributed by atoms with van der Waals surface area (Å²) in [7, 11) is -3.52. The molecule has 2 aromatic carbocycles. The molecule has 0 spiro atoms. The van der Waals surface area contributed by atoms with Crippen molar-refractivity contribution in [3.63, 3.8) is 0 Å². The van der Waals surface area contributed by atoms with Crippen LogP contribution >= 0.6 is 11.3 Å². The van der Waals surface area contributed by atoms with Crippen LogP contribution in [0.4, 0.5) is 0 Å². The SMILES string of the molecule is Cc1ccc(S(=O)(=O)N2Cc3nc(-c4ccc(OCCCN5CCCC5C)cc4)sc3C2)cc1. The summed E-state index contributed by atoms with van der Waals surface area (Å²) in [4.78, 5) is 8.65. The summed E-state index contributed by atoms with van der Waals surface area (Å²) in [5.41, 5.74) is 2.93. The second-order valence-electron chi connectivity index (χ2n) is 9.23. The molecule has 0 aliphatic carbocycles. The first-order valence-electron chi connectivity index (χ1n) is 11.9. The molecule has 5 rings (SSSR count). The second kappa shape index (κ2) is 9.77. The lowest BCUT2D eigenvalue weighted by atomic mass is 10.2. The molecule has 0 bridgehead atoms. The van der Waals surface area contributed by atoms with E-state index in [1.165, 1.54) is 23.7 Å². The molecule has 0 amide bonds. The van der Waals surface area contributed by atoms with Gasteiger partial charge in [-0.05, 0) is 76.1 Å². The van der Waals surface area contributed by atoms with Crippen molar-refractivity contribution in [2.45, 2.75) is 57.1 Å². The van der Waals surface area contributed by atoms with Crippen LogP contribution in [0, 0.1) is 6.92 Å². The zero-order chi connectivity index (χ0) is 23.7.